The van der Waals surface area contributed by atoms with E-state index in [9.17, 15) is 14.7 Å². The third kappa shape index (κ3) is 5.54. The lowest BCUT2D eigenvalue weighted by Crippen LogP contribution is -2.37. The van der Waals surface area contributed by atoms with Crippen molar-refractivity contribution in [2.45, 2.75) is 38.3 Å². The third-order valence-corrected chi connectivity index (χ3v) is 5.84. The van der Waals surface area contributed by atoms with Crippen molar-refractivity contribution in [3.8, 4) is 5.75 Å². The van der Waals surface area contributed by atoms with E-state index in [0.717, 1.165) is 12.8 Å². The molecule has 0 radical (unpaired) electrons. The number of hydrogen-bond donors (Lipinski definition) is 1. The molecule has 0 spiro atoms. The molecular weight excluding hydrogens is 386 g/mol. The molecule has 2 aromatic rings. The molecule has 1 aromatic heterocycles. The summed E-state index contributed by atoms with van der Waals surface area (Å²) >= 11 is 7.10. The standard InChI is InChI=1S/C20H22ClNO4S/c21-19-9-8-18(27-19)17(24)7-10-20(25)22(13-15-5-3-11-26-15)12-14-4-1-2-6-16(14)23/h1-2,4,6,8-9,15,23H,3,5,7,10-13H2. The highest BCUT2D eigenvalue weighted by atomic mass is 35.5. The van der Waals surface area contributed by atoms with Crippen LogP contribution in [0.25, 0.3) is 0 Å². The van der Waals surface area contributed by atoms with Gasteiger partial charge in [-0.3, -0.25) is 9.59 Å². The van der Waals surface area contributed by atoms with Crippen LogP contribution in [-0.2, 0) is 16.1 Å². The van der Waals surface area contributed by atoms with Gasteiger partial charge in [0.05, 0.1) is 15.3 Å². The Hall–Kier alpha value is -1.89. The molecule has 1 fully saturated rings. The SMILES string of the molecule is O=C(CCC(=O)N(Cc1ccccc1O)CC1CCCO1)c1ccc(Cl)s1. The van der Waals surface area contributed by atoms with Crippen LogP contribution in [0, 0.1) is 0 Å². The van der Waals surface area contributed by atoms with Crippen LogP contribution in [0.1, 0.15) is 40.9 Å². The van der Waals surface area contributed by atoms with Gasteiger partial charge < -0.3 is 14.7 Å². The number of ether oxygens (including phenoxy) is 1. The Morgan fingerprint density at radius 1 is 1.22 bits per heavy atom. The molecular formula is C20H22ClNO4S. The van der Waals surface area contributed by atoms with Crippen LogP contribution >= 0.6 is 22.9 Å². The smallest absolute Gasteiger partial charge is 0.223 e. The van der Waals surface area contributed by atoms with Crippen LogP contribution in [0.5, 0.6) is 5.75 Å². The number of Topliss-reactive ketones (excluding diaryl/α,β-unsaturated/α-hetero) is 1. The maximum atomic E-state index is 12.8. The van der Waals surface area contributed by atoms with Crippen molar-refractivity contribution >= 4 is 34.6 Å². The molecule has 0 bridgehead atoms. The second-order valence-corrected chi connectivity index (χ2v) is 8.28. The Bertz CT molecular complexity index is 801. The number of halogens is 1. The summed E-state index contributed by atoms with van der Waals surface area (Å²) in [6.07, 6.45) is 2.16. The van der Waals surface area contributed by atoms with Gasteiger partial charge in [-0.25, -0.2) is 0 Å². The van der Waals surface area contributed by atoms with Crippen LogP contribution < -0.4 is 0 Å². The zero-order chi connectivity index (χ0) is 19.2. The Labute approximate surface area is 167 Å². The van der Waals surface area contributed by atoms with Crippen molar-refractivity contribution in [2.75, 3.05) is 13.2 Å². The molecule has 27 heavy (non-hydrogen) atoms. The first-order valence-electron chi connectivity index (χ1n) is 8.97. The van der Waals surface area contributed by atoms with Gasteiger partial charge in [-0.2, -0.15) is 0 Å². The number of benzene rings is 1. The van der Waals surface area contributed by atoms with Crippen molar-refractivity contribution in [1.29, 1.82) is 0 Å². The summed E-state index contributed by atoms with van der Waals surface area (Å²) < 4.78 is 6.22. The quantitative estimate of drug-likeness (QED) is 0.663. The molecule has 144 valence electrons. The summed E-state index contributed by atoms with van der Waals surface area (Å²) in [7, 11) is 0. The number of para-hydroxylation sites is 1. The van der Waals surface area contributed by atoms with Crippen LogP contribution in [0.2, 0.25) is 4.34 Å². The van der Waals surface area contributed by atoms with Crippen LogP contribution in [-0.4, -0.2) is 41.0 Å². The first kappa shape index (κ1) is 19.9. The number of thiophene rings is 1. The van der Waals surface area contributed by atoms with Gasteiger partial charge in [0.2, 0.25) is 5.91 Å². The van der Waals surface area contributed by atoms with E-state index in [1.807, 2.05) is 6.07 Å². The van der Waals surface area contributed by atoms with E-state index in [4.69, 9.17) is 16.3 Å². The molecule has 1 aliphatic heterocycles. The van der Waals surface area contributed by atoms with Crippen molar-refractivity contribution < 1.29 is 19.4 Å². The normalized spacial score (nSPS) is 16.4. The van der Waals surface area contributed by atoms with Gasteiger partial charge in [0.15, 0.2) is 5.78 Å². The van der Waals surface area contributed by atoms with Gasteiger partial charge in [-0.1, -0.05) is 29.8 Å². The van der Waals surface area contributed by atoms with E-state index < -0.39 is 0 Å². The van der Waals surface area contributed by atoms with E-state index in [-0.39, 0.29) is 36.4 Å². The fourth-order valence-electron chi connectivity index (χ4n) is 3.10. The molecule has 0 aliphatic carbocycles. The molecule has 1 N–H and O–H groups in total. The van der Waals surface area contributed by atoms with E-state index >= 15 is 0 Å². The van der Waals surface area contributed by atoms with Gasteiger partial charge >= 0.3 is 0 Å². The van der Waals surface area contributed by atoms with E-state index in [1.54, 1.807) is 35.2 Å². The zero-order valence-corrected chi connectivity index (χ0v) is 16.5. The second kappa shape index (κ2) is 9.35. The van der Waals surface area contributed by atoms with Crippen molar-refractivity contribution in [1.82, 2.24) is 4.90 Å². The van der Waals surface area contributed by atoms with Crippen molar-refractivity contribution in [2.24, 2.45) is 0 Å². The largest absolute Gasteiger partial charge is 0.508 e. The topological polar surface area (TPSA) is 66.8 Å². The molecule has 3 rings (SSSR count). The number of aromatic hydroxyl groups is 1. The lowest BCUT2D eigenvalue weighted by atomic mass is 10.1. The summed E-state index contributed by atoms with van der Waals surface area (Å²) in [6.45, 7) is 1.47. The monoisotopic (exact) mass is 407 g/mol. The first-order chi connectivity index (χ1) is 13.0. The number of nitrogens with zero attached hydrogens (tertiary/aromatic N) is 1. The fraction of sp³-hybridized carbons (Fsp3) is 0.400. The van der Waals surface area contributed by atoms with E-state index in [0.29, 0.717) is 34.5 Å². The molecule has 1 aromatic carbocycles. The van der Waals surface area contributed by atoms with E-state index in [1.165, 1.54) is 11.3 Å². The zero-order valence-electron chi connectivity index (χ0n) is 14.9. The summed E-state index contributed by atoms with van der Waals surface area (Å²) in [5.41, 5.74) is 0.681. The number of carbonyl (C=O) groups is 2. The molecule has 0 saturated carbocycles. The second-order valence-electron chi connectivity index (χ2n) is 6.56. The molecule has 1 amide bonds. The fourth-order valence-corrected chi connectivity index (χ4v) is 4.12. The number of hydrogen-bond acceptors (Lipinski definition) is 5. The lowest BCUT2D eigenvalue weighted by Gasteiger charge is -2.26. The maximum Gasteiger partial charge on any atom is 0.223 e. The predicted molar refractivity (Wildman–Crippen MR) is 105 cm³/mol. The van der Waals surface area contributed by atoms with Crippen molar-refractivity contribution in [3.05, 3.63) is 51.2 Å². The molecule has 1 unspecified atom stereocenters. The van der Waals surface area contributed by atoms with Gasteiger partial charge in [0.1, 0.15) is 5.75 Å². The Morgan fingerprint density at radius 3 is 2.70 bits per heavy atom. The minimum absolute atomic E-state index is 0.00612. The molecule has 1 atom stereocenters. The van der Waals surface area contributed by atoms with Crippen LogP contribution in [0.15, 0.2) is 36.4 Å². The van der Waals surface area contributed by atoms with Crippen LogP contribution in [0.4, 0.5) is 0 Å². The molecule has 5 nitrogen and oxygen atoms in total. The Balaban J connectivity index is 1.64. The number of rotatable bonds is 8. The van der Waals surface area contributed by atoms with E-state index in [2.05, 4.69) is 0 Å². The number of phenolic OH excluding ortho intramolecular Hbond substituents is 1. The minimum Gasteiger partial charge on any atom is -0.508 e. The van der Waals surface area contributed by atoms with Gasteiger partial charge in [-0.15, -0.1) is 11.3 Å². The van der Waals surface area contributed by atoms with Crippen molar-refractivity contribution in [3.63, 3.8) is 0 Å². The molecule has 1 aliphatic rings. The maximum absolute atomic E-state index is 12.8. The summed E-state index contributed by atoms with van der Waals surface area (Å²) in [5.74, 6) is -0.0448. The Morgan fingerprint density at radius 2 is 2.04 bits per heavy atom. The Kier molecular flexibility index (Phi) is 6.88. The average molecular weight is 408 g/mol. The summed E-state index contributed by atoms with van der Waals surface area (Å²) in [6, 6.07) is 10.3. The number of ketones is 1. The molecule has 1 saturated heterocycles. The van der Waals surface area contributed by atoms with Gasteiger partial charge in [0, 0.05) is 38.1 Å². The highest BCUT2D eigenvalue weighted by Crippen LogP contribution is 2.24. The minimum atomic E-state index is -0.121. The third-order valence-electron chi connectivity index (χ3n) is 4.57. The van der Waals surface area contributed by atoms with Gasteiger partial charge in [-0.05, 0) is 31.0 Å². The summed E-state index contributed by atoms with van der Waals surface area (Å²) in [5, 5.41) is 10.0. The lowest BCUT2D eigenvalue weighted by molar-refractivity contribution is -0.133. The first-order valence-corrected chi connectivity index (χ1v) is 10.2. The predicted octanol–water partition coefficient (Wildman–Crippen LogP) is 4.28. The number of carbonyl (C=O) groups excluding carboxylic acids is 2. The number of amides is 1. The summed E-state index contributed by atoms with van der Waals surface area (Å²) in [4.78, 5) is 27.3. The number of phenols is 1. The molecule has 7 heteroatoms. The highest BCUT2D eigenvalue weighted by molar-refractivity contribution is 7.18. The average Bonchev–Trinajstić information content (AvgIpc) is 3.32. The highest BCUT2D eigenvalue weighted by Gasteiger charge is 2.24. The van der Waals surface area contributed by atoms with Gasteiger partial charge in [0.25, 0.3) is 0 Å². The van der Waals surface area contributed by atoms with Crippen LogP contribution in [0.3, 0.4) is 0 Å². The molecule has 2 heterocycles.